The van der Waals surface area contributed by atoms with Crippen LogP contribution in [0.4, 0.5) is 0 Å². The molecule has 21 heavy (non-hydrogen) atoms. The predicted molar refractivity (Wildman–Crippen MR) is 76.0 cm³/mol. The topological polar surface area (TPSA) is 101 Å². The summed E-state index contributed by atoms with van der Waals surface area (Å²) in [5, 5.41) is 0. The minimum absolute atomic E-state index is 0.00352. The van der Waals surface area contributed by atoms with Crippen LogP contribution < -0.4 is 5.73 Å². The summed E-state index contributed by atoms with van der Waals surface area (Å²) in [6.45, 7) is 5.32. The van der Waals surface area contributed by atoms with Crippen molar-refractivity contribution in [2.75, 3.05) is 26.7 Å². The maximum Gasteiger partial charge on any atom is 0.223 e. The highest BCUT2D eigenvalue weighted by molar-refractivity contribution is 5.89. The Labute approximate surface area is 124 Å². The van der Waals surface area contributed by atoms with Gasteiger partial charge in [-0.15, -0.1) is 0 Å². The van der Waals surface area contributed by atoms with Crippen LogP contribution in [-0.2, 0) is 19.2 Å². The van der Waals surface area contributed by atoms with E-state index in [4.69, 9.17) is 5.73 Å². The fourth-order valence-electron chi connectivity index (χ4n) is 2.40. The zero-order valence-corrected chi connectivity index (χ0v) is 12.8. The molecule has 2 atom stereocenters. The van der Waals surface area contributed by atoms with E-state index in [9.17, 15) is 19.2 Å². The molecule has 0 aliphatic carbocycles. The quantitative estimate of drug-likeness (QED) is 0.751. The van der Waals surface area contributed by atoms with Gasteiger partial charge >= 0.3 is 0 Å². The monoisotopic (exact) mass is 297 g/mol. The molecule has 2 fully saturated rings. The number of rotatable bonds is 3. The molecule has 2 aliphatic rings. The van der Waals surface area contributed by atoms with Crippen molar-refractivity contribution in [3.63, 3.8) is 0 Å². The van der Waals surface area contributed by atoms with Crippen molar-refractivity contribution in [3.8, 4) is 0 Å². The Morgan fingerprint density at radius 3 is 1.95 bits per heavy atom. The Kier molecular flexibility index (Phi) is 5.87. The van der Waals surface area contributed by atoms with E-state index in [2.05, 4.69) is 0 Å². The summed E-state index contributed by atoms with van der Waals surface area (Å²) >= 11 is 0. The van der Waals surface area contributed by atoms with Crippen LogP contribution in [0.3, 0.4) is 0 Å². The van der Waals surface area contributed by atoms with Gasteiger partial charge < -0.3 is 15.5 Å². The highest BCUT2D eigenvalue weighted by atomic mass is 16.2. The summed E-state index contributed by atoms with van der Waals surface area (Å²) < 4.78 is 0. The first-order chi connectivity index (χ1) is 9.76. The van der Waals surface area contributed by atoms with Crippen molar-refractivity contribution >= 4 is 23.5 Å². The van der Waals surface area contributed by atoms with Gasteiger partial charge in [0.1, 0.15) is 5.78 Å². The van der Waals surface area contributed by atoms with Crippen molar-refractivity contribution in [3.05, 3.63) is 0 Å². The van der Waals surface area contributed by atoms with E-state index in [1.165, 1.54) is 4.90 Å². The summed E-state index contributed by atoms with van der Waals surface area (Å²) in [6, 6.07) is 0. The predicted octanol–water partition coefficient (Wildman–Crippen LogP) is -0.606. The van der Waals surface area contributed by atoms with Gasteiger partial charge in [-0.2, -0.15) is 0 Å². The number of amides is 3. The number of nitrogens with zero attached hydrogens (tertiary/aromatic N) is 2. The summed E-state index contributed by atoms with van der Waals surface area (Å²) in [5.74, 6) is -0.427. The van der Waals surface area contributed by atoms with Gasteiger partial charge in [-0.3, -0.25) is 19.2 Å². The Morgan fingerprint density at radius 1 is 1.14 bits per heavy atom. The van der Waals surface area contributed by atoms with E-state index in [1.54, 1.807) is 18.9 Å². The van der Waals surface area contributed by atoms with Crippen LogP contribution in [0.2, 0.25) is 0 Å². The second-order valence-electron chi connectivity index (χ2n) is 5.52. The molecule has 3 amide bonds. The molecule has 0 aromatic carbocycles. The Morgan fingerprint density at radius 2 is 1.71 bits per heavy atom. The molecular formula is C14H23N3O4. The van der Waals surface area contributed by atoms with Gasteiger partial charge in [0.25, 0.3) is 0 Å². The van der Waals surface area contributed by atoms with Crippen LogP contribution in [0.1, 0.15) is 26.7 Å². The smallest absolute Gasteiger partial charge is 0.223 e. The normalized spacial score (nSPS) is 24.9. The fourth-order valence-corrected chi connectivity index (χ4v) is 2.40. The SMILES string of the molecule is CCN1CC(C(C)=O)CC1=O.CN1CC(C(N)=O)CC1=O. The zero-order chi connectivity index (χ0) is 16.2. The summed E-state index contributed by atoms with van der Waals surface area (Å²) in [5.41, 5.74) is 5.00. The van der Waals surface area contributed by atoms with Crippen molar-refractivity contribution in [1.82, 2.24) is 9.80 Å². The lowest BCUT2D eigenvalue weighted by Gasteiger charge is -2.11. The first kappa shape index (κ1) is 17.1. The lowest BCUT2D eigenvalue weighted by atomic mass is 10.1. The van der Waals surface area contributed by atoms with Gasteiger partial charge in [0.05, 0.1) is 5.92 Å². The molecule has 0 aromatic rings. The third-order valence-electron chi connectivity index (χ3n) is 3.91. The number of ketones is 1. The van der Waals surface area contributed by atoms with Crippen LogP contribution >= 0.6 is 0 Å². The van der Waals surface area contributed by atoms with Gasteiger partial charge in [-0.25, -0.2) is 0 Å². The van der Waals surface area contributed by atoms with E-state index < -0.39 is 0 Å². The maximum atomic E-state index is 11.1. The highest BCUT2D eigenvalue weighted by Gasteiger charge is 2.31. The van der Waals surface area contributed by atoms with E-state index in [0.717, 1.165) is 6.54 Å². The third-order valence-corrected chi connectivity index (χ3v) is 3.91. The number of hydrogen-bond donors (Lipinski definition) is 1. The van der Waals surface area contributed by atoms with Gasteiger partial charge in [-0.05, 0) is 13.8 Å². The average Bonchev–Trinajstić information content (AvgIpc) is 2.94. The van der Waals surface area contributed by atoms with Crippen LogP contribution in [0.25, 0.3) is 0 Å². The van der Waals surface area contributed by atoms with Crippen molar-refractivity contribution in [2.45, 2.75) is 26.7 Å². The highest BCUT2D eigenvalue weighted by Crippen LogP contribution is 2.17. The van der Waals surface area contributed by atoms with Crippen LogP contribution in [-0.4, -0.2) is 60.0 Å². The second kappa shape index (κ2) is 7.19. The third kappa shape index (κ3) is 4.54. The summed E-state index contributed by atoms with van der Waals surface area (Å²) in [6.07, 6.45) is 0.703. The molecule has 7 heteroatoms. The average molecular weight is 297 g/mol. The minimum atomic E-state index is -0.377. The molecule has 0 radical (unpaired) electrons. The molecule has 2 aliphatic heterocycles. The van der Waals surface area contributed by atoms with Crippen molar-refractivity contribution in [1.29, 1.82) is 0 Å². The van der Waals surface area contributed by atoms with Crippen molar-refractivity contribution in [2.24, 2.45) is 17.6 Å². The van der Waals surface area contributed by atoms with E-state index in [1.807, 2.05) is 6.92 Å². The van der Waals surface area contributed by atoms with Gasteiger partial charge in [0.2, 0.25) is 17.7 Å². The number of carbonyl (C=O) groups is 4. The molecular weight excluding hydrogens is 274 g/mol. The van der Waals surface area contributed by atoms with Crippen LogP contribution in [0, 0.1) is 11.8 Å². The molecule has 0 saturated carbocycles. The molecule has 2 rings (SSSR count). The molecule has 118 valence electrons. The molecule has 0 spiro atoms. The number of carbonyl (C=O) groups excluding carboxylic acids is 4. The molecule has 2 unspecified atom stereocenters. The number of nitrogens with two attached hydrogens (primary N) is 1. The van der Waals surface area contributed by atoms with Gasteiger partial charge in [0.15, 0.2) is 0 Å². The zero-order valence-electron chi connectivity index (χ0n) is 12.8. The number of likely N-dealkylation sites (tertiary alicyclic amines) is 2. The molecule has 0 bridgehead atoms. The fraction of sp³-hybridized carbons (Fsp3) is 0.714. The molecule has 0 aromatic heterocycles. The second-order valence-corrected chi connectivity index (χ2v) is 5.52. The van der Waals surface area contributed by atoms with Crippen LogP contribution in [0.5, 0.6) is 0 Å². The lowest BCUT2D eigenvalue weighted by molar-refractivity contribution is -0.128. The number of primary amides is 1. The maximum absolute atomic E-state index is 11.1. The van der Waals surface area contributed by atoms with E-state index >= 15 is 0 Å². The Hall–Kier alpha value is -1.92. The Balaban J connectivity index is 0.000000211. The van der Waals surface area contributed by atoms with Crippen molar-refractivity contribution < 1.29 is 19.2 Å². The first-order valence-corrected chi connectivity index (χ1v) is 7.07. The van der Waals surface area contributed by atoms with E-state index in [0.29, 0.717) is 19.5 Å². The minimum Gasteiger partial charge on any atom is -0.369 e. The molecule has 2 heterocycles. The number of Topliss-reactive ketones (excluding diaryl/α,β-unsaturated/α-hetero) is 1. The summed E-state index contributed by atoms with van der Waals surface area (Å²) in [7, 11) is 1.67. The molecule has 7 nitrogen and oxygen atoms in total. The lowest BCUT2D eigenvalue weighted by Crippen LogP contribution is -2.25. The summed E-state index contributed by atoms with van der Waals surface area (Å²) in [4.78, 5) is 46.6. The Bertz CT molecular complexity index is 450. The van der Waals surface area contributed by atoms with Gasteiger partial charge in [-0.1, -0.05) is 0 Å². The standard InChI is InChI=1S/C8H13NO2.C6H10N2O2/c1-3-9-5-7(6(2)10)4-8(9)11;1-8-3-4(6(7)10)2-5(8)9/h7H,3-5H2,1-2H3;4H,2-3H2,1H3,(H2,7,10). The van der Waals surface area contributed by atoms with E-state index in [-0.39, 0.29) is 41.8 Å². The van der Waals surface area contributed by atoms with Gasteiger partial charge in [0, 0.05) is 45.4 Å². The largest absolute Gasteiger partial charge is 0.369 e. The number of hydrogen-bond acceptors (Lipinski definition) is 4. The van der Waals surface area contributed by atoms with Crippen LogP contribution in [0.15, 0.2) is 0 Å². The first-order valence-electron chi connectivity index (χ1n) is 7.07. The molecule has 2 N–H and O–H groups in total. The molecule has 2 saturated heterocycles.